The average molecular weight is 431 g/mol. The Balaban J connectivity index is 2.30. The quantitative estimate of drug-likeness (QED) is 0.267. The van der Waals surface area contributed by atoms with Gasteiger partial charge in [-0.05, 0) is 30.3 Å². The monoisotopic (exact) mass is 430 g/mol. The number of rotatable bonds is 7. The number of guanidine groups is 1. The molecule has 0 aliphatic heterocycles. The van der Waals surface area contributed by atoms with Gasteiger partial charge in [0.1, 0.15) is 17.4 Å². The Morgan fingerprint density at radius 2 is 1.90 bits per heavy atom. The van der Waals surface area contributed by atoms with Gasteiger partial charge in [0.15, 0.2) is 0 Å². The molecule has 0 fully saturated rings. The average Bonchev–Trinajstić information content (AvgIpc) is 2.68. The predicted octanol–water partition coefficient (Wildman–Crippen LogP) is 3.31. The number of hydrogen-bond acceptors (Lipinski definition) is 5. The SMILES string of the molecule is CONC(=NC(=O)CC=C=O)Nc1ccc(Oc2cccc(Cl)c2)cc1NC(C)=O. The Morgan fingerprint density at radius 1 is 1.13 bits per heavy atom. The van der Waals surface area contributed by atoms with E-state index in [4.69, 9.17) is 21.2 Å². The normalized spacial score (nSPS) is 10.6. The van der Waals surface area contributed by atoms with Crippen LogP contribution in [0.15, 0.2) is 53.5 Å². The van der Waals surface area contributed by atoms with Crippen LogP contribution in [0.2, 0.25) is 5.02 Å². The van der Waals surface area contributed by atoms with Crippen LogP contribution < -0.4 is 20.9 Å². The van der Waals surface area contributed by atoms with E-state index < -0.39 is 5.91 Å². The number of halogens is 1. The van der Waals surface area contributed by atoms with Crippen molar-refractivity contribution >= 4 is 46.7 Å². The summed E-state index contributed by atoms with van der Waals surface area (Å²) in [6.45, 7) is 1.35. The molecule has 0 aliphatic rings. The van der Waals surface area contributed by atoms with Crippen LogP contribution in [-0.2, 0) is 19.2 Å². The molecule has 0 bridgehead atoms. The number of anilines is 2. The number of ether oxygens (including phenoxy) is 1. The number of nitrogens with one attached hydrogen (secondary N) is 3. The van der Waals surface area contributed by atoms with Gasteiger partial charge in [-0.1, -0.05) is 17.7 Å². The van der Waals surface area contributed by atoms with Crippen LogP contribution >= 0.6 is 11.6 Å². The van der Waals surface area contributed by atoms with Crippen LogP contribution in [0.5, 0.6) is 11.5 Å². The Labute approximate surface area is 177 Å². The molecule has 0 atom stereocenters. The Morgan fingerprint density at radius 3 is 2.57 bits per heavy atom. The number of aliphatic imine (C=N–C) groups is 1. The fourth-order valence-corrected chi connectivity index (χ4v) is 2.44. The van der Waals surface area contributed by atoms with Gasteiger partial charge in [-0.2, -0.15) is 4.99 Å². The molecule has 0 saturated heterocycles. The maximum Gasteiger partial charge on any atom is 0.253 e. The van der Waals surface area contributed by atoms with Gasteiger partial charge in [-0.15, -0.1) is 0 Å². The van der Waals surface area contributed by atoms with Crippen LogP contribution in [0, 0.1) is 0 Å². The van der Waals surface area contributed by atoms with Crippen molar-refractivity contribution in [2.45, 2.75) is 13.3 Å². The molecule has 2 amide bonds. The molecule has 0 heterocycles. The number of carbonyl (C=O) groups excluding carboxylic acids is 3. The number of benzene rings is 2. The molecule has 9 nitrogen and oxygen atoms in total. The Kier molecular flexibility index (Phi) is 8.58. The van der Waals surface area contributed by atoms with E-state index in [1.807, 2.05) is 0 Å². The van der Waals surface area contributed by atoms with Crippen LogP contribution in [-0.4, -0.2) is 30.8 Å². The zero-order valence-electron chi connectivity index (χ0n) is 16.2. The molecule has 30 heavy (non-hydrogen) atoms. The van der Waals surface area contributed by atoms with E-state index in [-0.39, 0.29) is 18.3 Å². The molecule has 0 spiro atoms. The first-order chi connectivity index (χ1) is 14.4. The standard InChI is InChI=1S/C20H19ClN4O5/c1-13(27)22-18-12-16(30-15-6-3-5-14(21)11-15)8-9-17(18)23-20(25-29-2)24-19(28)7-4-10-26/h3-6,8-9,11-12H,7H2,1-2H3,(H,22,27)(H2,23,24,25,28). The largest absolute Gasteiger partial charge is 0.457 e. The molecular weight excluding hydrogens is 412 g/mol. The number of hydrogen-bond donors (Lipinski definition) is 3. The summed E-state index contributed by atoms with van der Waals surface area (Å²) in [6.07, 6.45) is 0.798. The first-order valence-corrected chi connectivity index (χ1v) is 9.01. The van der Waals surface area contributed by atoms with Crippen molar-refractivity contribution in [3.8, 4) is 11.5 Å². The number of amides is 2. The summed E-state index contributed by atoms with van der Waals surface area (Å²) >= 11 is 5.97. The number of hydroxylamine groups is 1. The lowest BCUT2D eigenvalue weighted by atomic mass is 10.2. The summed E-state index contributed by atoms with van der Waals surface area (Å²) in [7, 11) is 1.34. The van der Waals surface area contributed by atoms with Crippen molar-refractivity contribution in [2.24, 2.45) is 4.99 Å². The minimum absolute atomic E-state index is 0.0445. The van der Waals surface area contributed by atoms with E-state index in [2.05, 4.69) is 21.1 Å². The zero-order chi connectivity index (χ0) is 21.9. The van der Waals surface area contributed by atoms with Gasteiger partial charge >= 0.3 is 0 Å². The van der Waals surface area contributed by atoms with Gasteiger partial charge in [-0.25, -0.2) is 10.3 Å². The third-order valence-corrected chi connectivity index (χ3v) is 3.62. The van der Waals surface area contributed by atoms with Crippen molar-refractivity contribution < 1.29 is 24.0 Å². The first-order valence-electron chi connectivity index (χ1n) is 8.63. The minimum Gasteiger partial charge on any atom is -0.457 e. The summed E-state index contributed by atoms with van der Waals surface area (Å²) in [4.78, 5) is 42.2. The Hall–Kier alpha value is -3.65. The third-order valence-electron chi connectivity index (χ3n) is 3.38. The summed E-state index contributed by atoms with van der Waals surface area (Å²) in [5.74, 6) is 1.51. The van der Waals surface area contributed by atoms with Gasteiger partial charge in [0.05, 0.1) is 24.9 Å². The highest BCUT2D eigenvalue weighted by Gasteiger charge is 2.11. The van der Waals surface area contributed by atoms with E-state index in [1.165, 1.54) is 20.0 Å². The fraction of sp³-hybridized carbons (Fsp3) is 0.150. The molecule has 156 valence electrons. The molecule has 0 aromatic heterocycles. The van der Waals surface area contributed by atoms with Crippen molar-refractivity contribution in [2.75, 3.05) is 17.7 Å². The zero-order valence-corrected chi connectivity index (χ0v) is 16.9. The van der Waals surface area contributed by atoms with Crippen molar-refractivity contribution in [3.63, 3.8) is 0 Å². The fourth-order valence-electron chi connectivity index (χ4n) is 2.26. The van der Waals surface area contributed by atoms with Crippen LogP contribution in [0.4, 0.5) is 11.4 Å². The summed E-state index contributed by atoms with van der Waals surface area (Å²) in [5, 5.41) is 6.04. The minimum atomic E-state index is -0.604. The molecule has 0 saturated carbocycles. The van der Waals surface area contributed by atoms with Gasteiger partial charge in [0.2, 0.25) is 11.9 Å². The van der Waals surface area contributed by atoms with E-state index >= 15 is 0 Å². The van der Waals surface area contributed by atoms with Crippen molar-refractivity contribution in [3.05, 3.63) is 53.6 Å². The summed E-state index contributed by atoms with van der Waals surface area (Å²) in [5.41, 5.74) is 3.20. The van der Waals surface area contributed by atoms with Crippen LogP contribution in [0.1, 0.15) is 13.3 Å². The van der Waals surface area contributed by atoms with Crippen molar-refractivity contribution in [1.29, 1.82) is 0 Å². The topological polar surface area (TPSA) is 118 Å². The lowest BCUT2D eigenvalue weighted by Crippen LogP contribution is -2.31. The summed E-state index contributed by atoms with van der Waals surface area (Å²) in [6, 6.07) is 11.7. The van der Waals surface area contributed by atoms with Crippen molar-refractivity contribution in [1.82, 2.24) is 5.48 Å². The highest BCUT2D eigenvalue weighted by atomic mass is 35.5. The molecular formula is C20H19ClN4O5. The van der Waals surface area contributed by atoms with E-state index in [9.17, 15) is 14.4 Å². The molecule has 2 aromatic carbocycles. The maximum atomic E-state index is 11.8. The second kappa shape index (κ2) is 11.4. The number of nitrogens with zero attached hydrogens (tertiary/aromatic N) is 1. The van der Waals surface area contributed by atoms with Crippen LogP contribution in [0.3, 0.4) is 0 Å². The second-order valence-corrected chi connectivity index (χ2v) is 6.20. The molecule has 0 unspecified atom stereocenters. The smallest absolute Gasteiger partial charge is 0.253 e. The molecule has 0 radical (unpaired) electrons. The molecule has 2 rings (SSSR count). The van der Waals surface area contributed by atoms with Gasteiger partial charge in [-0.3, -0.25) is 14.4 Å². The Bertz CT molecular complexity index is 1000. The van der Waals surface area contributed by atoms with E-state index in [0.29, 0.717) is 27.9 Å². The molecule has 3 N–H and O–H groups in total. The summed E-state index contributed by atoms with van der Waals surface area (Å²) < 4.78 is 5.77. The highest BCUT2D eigenvalue weighted by Crippen LogP contribution is 2.31. The molecule has 2 aromatic rings. The van der Waals surface area contributed by atoms with E-state index in [0.717, 1.165) is 6.08 Å². The first kappa shape index (κ1) is 22.6. The lowest BCUT2D eigenvalue weighted by Gasteiger charge is -2.16. The van der Waals surface area contributed by atoms with E-state index in [1.54, 1.807) is 42.5 Å². The molecule has 10 heteroatoms. The van der Waals surface area contributed by atoms with Gasteiger partial charge < -0.3 is 15.4 Å². The predicted molar refractivity (Wildman–Crippen MR) is 113 cm³/mol. The number of carbonyl (C=O) groups is 2. The van der Waals surface area contributed by atoms with Gasteiger partial charge in [0.25, 0.3) is 5.91 Å². The third kappa shape index (κ3) is 7.40. The maximum absolute atomic E-state index is 11.8. The van der Waals surface area contributed by atoms with Gasteiger partial charge in [0, 0.05) is 24.1 Å². The lowest BCUT2D eigenvalue weighted by molar-refractivity contribution is -0.117. The second-order valence-electron chi connectivity index (χ2n) is 5.76. The van der Waals surface area contributed by atoms with Crippen LogP contribution in [0.25, 0.3) is 0 Å². The molecule has 0 aliphatic carbocycles. The highest BCUT2D eigenvalue weighted by molar-refractivity contribution is 6.30.